The van der Waals surface area contributed by atoms with Crippen LogP contribution in [0.5, 0.6) is 0 Å². The van der Waals surface area contributed by atoms with E-state index in [2.05, 4.69) is 6.07 Å². The molecule has 0 radical (unpaired) electrons. The van der Waals surface area contributed by atoms with E-state index in [0.717, 1.165) is 30.6 Å². The second-order valence-corrected chi connectivity index (χ2v) is 5.39. The maximum atomic E-state index is 12.3. The summed E-state index contributed by atoms with van der Waals surface area (Å²) in [5.74, 6) is 0.0679. The number of carbonyl (C=O) groups excluding carboxylic acids is 1. The number of benzene rings is 1. The summed E-state index contributed by atoms with van der Waals surface area (Å²) in [6.07, 6.45) is 5.66. The Bertz CT molecular complexity index is 601. The summed E-state index contributed by atoms with van der Waals surface area (Å²) in [7, 11) is 0. The fraction of sp³-hybridized carbons (Fsp3) is 0.188. The van der Waals surface area contributed by atoms with Crippen LogP contribution in [0.2, 0.25) is 0 Å². The summed E-state index contributed by atoms with van der Waals surface area (Å²) >= 11 is 1.64. The maximum absolute atomic E-state index is 12.3. The molecule has 1 aromatic heterocycles. The Hall–Kier alpha value is -1.87. The largest absolute Gasteiger partial charge is 0.309 e. The van der Waals surface area contributed by atoms with Gasteiger partial charge in [0.25, 0.3) is 5.91 Å². The number of carbonyl (C=O) groups is 1. The minimum Gasteiger partial charge on any atom is -0.309 e. The van der Waals surface area contributed by atoms with Crippen LogP contribution in [0.4, 0.5) is 5.69 Å². The molecule has 0 unspecified atom stereocenters. The van der Waals surface area contributed by atoms with Crippen LogP contribution in [-0.4, -0.2) is 12.5 Å². The molecule has 3 rings (SSSR count). The standard InChI is InChI=1S/C16H15NOS/c18-16(8-7-13-9-11-19-12-13)17-10-3-5-14-4-1-2-6-15(14)17/h1-2,4,6-9,11-12H,3,5,10H2/b8-7+. The Morgan fingerprint density at radius 1 is 1.26 bits per heavy atom. The zero-order valence-electron chi connectivity index (χ0n) is 10.6. The predicted octanol–water partition coefficient (Wildman–Crippen LogP) is 3.74. The molecule has 1 aliphatic heterocycles. The Kier molecular flexibility index (Phi) is 3.47. The van der Waals surface area contributed by atoms with E-state index in [-0.39, 0.29) is 5.91 Å². The minimum atomic E-state index is 0.0679. The van der Waals surface area contributed by atoms with Gasteiger partial charge < -0.3 is 4.90 Å². The third-order valence-corrected chi connectivity index (χ3v) is 4.04. The third kappa shape index (κ3) is 2.61. The van der Waals surface area contributed by atoms with E-state index in [9.17, 15) is 4.79 Å². The van der Waals surface area contributed by atoms with Crippen molar-refractivity contribution in [2.45, 2.75) is 12.8 Å². The van der Waals surface area contributed by atoms with E-state index in [1.54, 1.807) is 17.4 Å². The molecule has 1 aliphatic rings. The van der Waals surface area contributed by atoms with Crippen molar-refractivity contribution in [2.24, 2.45) is 0 Å². The predicted molar refractivity (Wildman–Crippen MR) is 80.5 cm³/mol. The highest BCUT2D eigenvalue weighted by molar-refractivity contribution is 7.08. The normalized spacial score (nSPS) is 14.6. The number of para-hydroxylation sites is 1. The van der Waals surface area contributed by atoms with Crippen molar-refractivity contribution in [1.82, 2.24) is 0 Å². The van der Waals surface area contributed by atoms with Gasteiger partial charge in [-0.15, -0.1) is 0 Å². The van der Waals surface area contributed by atoms with Gasteiger partial charge in [-0.1, -0.05) is 18.2 Å². The fourth-order valence-corrected chi connectivity index (χ4v) is 3.02. The van der Waals surface area contributed by atoms with Crippen LogP contribution in [0, 0.1) is 0 Å². The first kappa shape index (κ1) is 12.2. The smallest absolute Gasteiger partial charge is 0.250 e. The van der Waals surface area contributed by atoms with Gasteiger partial charge in [0.15, 0.2) is 0 Å². The molecule has 19 heavy (non-hydrogen) atoms. The molecule has 0 fully saturated rings. The van der Waals surface area contributed by atoms with Crippen LogP contribution in [0.15, 0.2) is 47.2 Å². The molecule has 0 spiro atoms. The number of anilines is 1. The van der Waals surface area contributed by atoms with Crippen molar-refractivity contribution >= 4 is 29.0 Å². The van der Waals surface area contributed by atoms with Crippen molar-refractivity contribution < 1.29 is 4.79 Å². The van der Waals surface area contributed by atoms with Crippen LogP contribution in [0.3, 0.4) is 0 Å². The van der Waals surface area contributed by atoms with Gasteiger partial charge in [0.05, 0.1) is 0 Å². The highest BCUT2D eigenvalue weighted by Crippen LogP contribution is 2.26. The summed E-state index contributed by atoms with van der Waals surface area (Å²) in [6, 6.07) is 10.2. The van der Waals surface area contributed by atoms with E-state index in [1.165, 1.54) is 5.56 Å². The monoisotopic (exact) mass is 269 g/mol. The number of aryl methyl sites for hydroxylation is 1. The first-order valence-electron chi connectivity index (χ1n) is 6.44. The lowest BCUT2D eigenvalue weighted by Crippen LogP contribution is -2.34. The molecular formula is C16H15NOS. The second kappa shape index (κ2) is 5.41. The molecule has 1 aromatic carbocycles. The van der Waals surface area contributed by atoms with Crippen LogP contribution in [-0.2, 0) is 11.2 Å². The molecule has 3 heteroatoms. The summed E-state index contributed by atoms with van der Waals surface area (Å²) < 4.78 is 0. The van der Waals surface area contributed by atoms with Gasteiger partial charge in [-0.25, -0.2) is 0 Å². The quantitative estimate of drug-likeness (QED) is 0.761. The molecule has 0 saturated carbocycles. The fourth-order valence-electron chi connectivity index (χ4n) is 2.39. The molecule has 96 valence electrons. The summed E-state index contributed by atoms with van der Waals surface area (Å²) in [5.41, 5.74) is 3.42. The Balaban J connectivity index is 1.81. The SMILES string of the molecule is O=C(/C=C/c1ccsc1)N1CCCc2ccccc21. The van der Waals surface area contributed by atoms with Gasteiger partial charge >= 0.3 is 0 Å². The van der Waals surface area contributed by atoms with Crippen LogP contribution in [0.1, 0.15) is 17.5 Å². The number of fused-ring (bicyclic) bond motifs is 1. The molecule has 2 aromatic rings. The van der Waals surface area contributed by atoms with Gasteiger partial charge in [-0.3, -0.25) is 4.79 Å². The van der Waals surface area contributed by atoms with E-state index in [4.69, 9.17) is 0 Å². The molecule has 2 heterocycles. The third-order valence-electron chi connectivity index (χ3n) is 3.34. The molecule has 2 nitrogen and oxygen atoms in total. The van der Waals surface area contributed by atoms with Crippen LogP contribution >= 0.6 is 11.3 Å². The van der Waals surface area contributed by atoms with Crippen LogP contribution < -0.4 is 4.90 Å². The number of thiophene rings is 1. The molecule has 0 atom stereocenters. The van der Waals surface area contributed by atoms with E-state index in [0.29, 0.717) is 0 Å². The van der Waals surface area contributed by atoms with Gasteiger partial charge in [-0.2, -0.15) is 11.3 Å². The summed E-state index contributed by atoms with van der Waals surface area (Å²) in [6.45, 7) is 0.809. The Labute approximate surface area is 117 Å². The zero-order valence-corrected chi connectivity index (χ0v) is 11.4. The van der Waals surface area contributed by atoms with Crippen molar-refractivity contribution in [3.05, 3.63) is 58.3 Å². The topological polar surface area (TPSA) is 20.3 Å². The lowest BCUT2D eigenvalue weighted by atomic mass is 10.0. The molecule has 1 amide bonds. The average Bonchev–Trinajstić information content (AvgIpc) is 2.97. The number of hydrogen-bond donors (Lipinski definition) is 0. The van der Waals surface area contributed by atoms with Gasteiger partial charge in [0.1, 0.15) is 0 Å². The van der Waals surface area contributed by atoms with Crippen molar-refractivity contribution in [2.75, 3.05) is 11.4 Å². The zero-order chi connectivity index (χ0) is 13.1. The minimum absolute atomic E-state index is 0.0679. The van der Waals surface area contributed by atoms with Gasteiger partial charge in [0, 0.05) is 18.3 Å². The lowest BCUT2D eigenvalue weighted by Gasteiger charge is -2.28. The maximum Gasteiger partial charge on any atom is 0.250 e. The highest BCUT2D eigenvalue weighted by atomic mass is 32.1. The van der Waals surface area contributed by atoms with Crippen LogP contribution in [0.25, 0.3) is 6.08 Å². The van der Waals surface area contributed by atoms with E-state index >= 15 is 0 Å². The lowest BCUT2D eigenvalue weighted by molar-refractivity contribution is -0.114. The molecular weight excluding hydrogens is 254 g/mol. The van der Waals surface area contributed by atoms with E-state index in [1.807, 2.05) is 46.0 Å². The van der Waals surface area contributed by atoms with Crippen molar-refractivity contribution in [1.29, 1.82) is 0 Å². The first-order chi connectivity index (χ1) is 9.34. The molecule has 0 N–H and O–H groups in total. The molecule has 0 saturated heterocycles. The number of rotatable bonds is 2. The molecule has 0 aliphatic carbocycles. The summed E-state index contributed by atoms with van der Waals surface area (Å²) in [4.78, 5) is 14.2. The van der Waals surface area contributed by atoms with Crippen molar-refractivity contribution in [3.8, 4) is 0 Å². The number of nitrogens with zero attached hydrogens (tertiary/aromatic N) is 1. The first-order valence-corrected chi connectivity index (χ1v) is 7.38. The highest BCUT2D eigenvalue weighted by Gasteiger charge is 2.20. The Morgan fingerprint density at radius 3 is 3.00 bits per heavy atom. The van der Waals surface area contributed by atoms with Crippen molar-refractivity contribution in [3.63, 3.8) is 0 Å². The van der Waals surface area contributed by atoms with Gasteiger partial charge in [-0.05, 0) is 52.9 Å². The number of amides is 1. The second-order valence-electron chi connectivity index (χ2n) is 4.61. The summed E-state index contributed by atoms with van der Waals surface area (Å²) in [5, 5.41) is 4.05. The average molecular weight is 269 g/mol. The Morgan fingerprint density at radius 2 is 2.16 bits per heavy atom. The number of hydrogen-bond acceptors (Lipinski definition) is 2. The van der Waals surface area contributed by atoms with Gasteiger partial charge in [0.2, 0.25) is 0 Å². The molecule has 0 bridgehead atoms. The van der Waals surface area contributed by atoms with E-state index < -0.39 is 0 Å².